The molecule has 11 heteroatoms. The van der Waals surface area contributed by atoms with E-state index in [1.807, 2.05) is 28.7 Å². The molecule has 0 aliphatic heterocycles. The summed E-state index contributed by atoms with van der Waals surface area (Å²) in [7, 11) is 1.27. The van der Waals surface area contributed by atoms with Crippen LogP contribution in [0.5, 0.6) is 0 Å². The van der Waals surface area contributed by atoms with Crippen LogP contribution in [0, 0.1) is 21.8 Å². The highest BCUT2D eigenvalue weighted by molar-refractivity contribution is 14.1. The van der Waals surface area contributed by atoms with Gasteiger partial charge in [-0.05, 0) is 72.0 Å². The van der Waals surface area contributed by atoms with Crippen molar-refractivity contribution in [3.8, 4) is 28.7 Å². The van der Waals surface area contributed by atoms with Crippen molar-refractivity contribution in [1.82, 2.24) is 18.9 Å². The van der Waals surface area contributed by atoms with Gasteiger partial charge in [0.05, 0.1) is 49.6 Å². The monoisotopic (exact) mass is 577 g/mol. The summed E-state index contributed by atoms with van der Waals surface area (Å²) in [5, 5.41) is 13.4. The molecular weight excluding hydrogens is 562 g/mol. The largest absolute Gasteiger partial charge is 0.416 e. The molecule has 172 valence electrons. The molecule has 2 heterocycles. The third-order valence-corrected chi connectivity index (χ3v) is 6.12. The van der Waals surface area contributed by atoms with E-state index in [0.29, 0.717) is 20.5 Å². The van der Waals surface area contributed by atoms with E-state index in [9.17, 15) is 22.8 Å². The van der Waals surface area contributed by atoms with Gasteiger partial charge >= 0.3 is 11.9 Å². The lowest BCUT2D eigenvalue weighted by Gasteiger charge is -2.18. The van der Waals surface area contributed by atoms with Crippen LogP contribution >= 0.6 is 22.6 Å². The summed E-state index contributed by atoms with van der Waals surface area (Å²) in [5.74, 6) is 0. The van der Waals surface area contributed by atoms with E-state index < -0.39 is 23.0 Å². The fourth-order valence-corrected chi connectivity index (χ4v) is 4.26. The second-order valence-corrected chi connectivity index (χ2v) is 8.56. The molecule has 0 fully saturated rings. The second kappa shape index (κ2) is 8.60. The second-order valence-electron chi connectivity index (χ2n) is 7.40. The molecule has 0 aliphatic carbocycles. The molecule has 4 aromatic rings. The van der Waals surface area contributed by atoms with Gasteiger partial charge in [0.2, 0.25) is 0 Å². The van der Waals surface area contributed by atoms with E-state index in [-0.39, 0.29) is 16.9 Å². The van der Waals surface area contributed by atoms with Crippen LogP contribution in [-0.4, -0.2) is 18.9 Å². The van der Waals surface area contributed by atoms with Crippen LogP contribution in [0.3, 0.4) is 0 Å². The average Bonchev–Trinajstić information content (AvgIpc) is 3.18. The molecule has 0 spiro atoms. The van der Waals surface area contributed by atoms with Gasteiger partial charge in [-0.15, -0.1) is 0 Å². The molecule has 2 aromatic carbocycles. The molecule has 0 N–H and O–H groups in total. The number of rotatable bonds is 3. The Balaban J connectivity index is 2.02. The van der Waals surface area contributed by atoms with Crippen molar-refractivity contribution >= 4 is 22.6 Å². The van der Waals surface area contributed by atoms with Crippen LogP contribution in [0.2, 0.25) is 0 Å². The number of aromatic nitrogens is 4. The van der Waals surface area contributed by atoms with E-state index >= 15 is 0 Å². The van der Waals surface area contributed by atoms with Gasteiger partial charge in [-0.25, -0.2) is 9.48 Å². The summed E-state index contributed by atoms with van der Waals surface area (Å²) >= 11 is 2.00. The predicted octanol–water partition coefficient (Wildman–Crippen LogP) is 4.19. The lowest BCUT2D eigenvalue weighted by molar-refractivity contribution is -0.137. The Kier molecular flexibility index (Phi) is 5.94. The summed E-state index contributed by atoms with van der Waals surface area (Å²) in [5.41, 5.74) is -0.648. The first-order chi connectivity index (χ1) is 16.0. The van der Waals surface area contributed by atoms with Crippen LogP contribution in [0.1, 0.15) is 16.8 Å². The molecule has 2 aromatic heterocycles. The summed E-state index contributed by atoms with van der Waals surface area (Å²) in [6.07, 6.45) is -3.06. The van der Waals surface area contributed by atoms with Gasteiger partial charge in [0.15, 0.2) is 0 Å². The Morgan fingerprint density at radius 2 is 1.74 bits per heavy atom. The van der Waals surface area contributed by atoms with Gasteiger partial charge in [0.25, 0.3) is 5.56 Å². The predicted molar refractivity (Wildman–Crippen MR) is 127 cm³/mol. The van der Waals surface area contributed by atoms with Crippen LogP contribution in [-0.2, 0) is 13.2 Å². The summed E-state index contributed by atoms with van der Waals surface area (Å²) in [6, 6.07) is 12.9. The Morgan fingerprint density at radius 1 is 1.06 bits per heavy atom. The van der Waals surface area contributed by atoms with Crippen LogP contribution in [0.15, 0.2) is 64.3 Å². The molecule has 0 saturated heterocycles. The van der Waals surface area contributed by atoms with Gasteiger partial charge in [0.1, 0.15) is 0 Å². The zero-order valence-corrected chi connectivity index (χ0v) is 19.9. The Morgan fingerprint density at radius 3 is 2.35 bits per heavy atom. The van der Waals surface area contributed by atoms with E-state index in [4.69, 9.17) is 5.26 Å². The molecule has 0 radical (unpaired) electrons. The normalized spacial score (nSPS) is 11.4. The smallest absolute Gasteiger partial charge is 0.268 e. The van der Waals surface area contributed by atoms with Crippen molar-refractivity contribution in [3.63, 3.8) is 0 Å². The standard InChI is InChI=1S/C23H15F3IN5O2/c1-13-19(20-18(27)12-29-32(20)16-8-6-14(11-28)7-9-16)21(33)30(2)22(34)31(13)17-5-3-4-15(10-17)23(24,25)26/h3-10,12H,1-2H3. The highest BCUT2D eigenvalue weighted by Crippen LogP contribution is 2.32. The maximum absolute atomic E-state index is 13.3. The minimum absolute atomic E-state index is 0.0198. The molecule has 34 heavy (non-hydrogen) atoms. The Hall–Kier alpha value is -3.66. The molecule has 0 bridgehead atoms. The van der Waals surface area contributed by atoms with Gasteiger partial charge in [-0.3, -0.25) is 13.9 Å². The lowest BCUT2D eigenvalue weighted by atomic mass is 10.1. The maximum Gasteiger partial charge on any atom is 0.416 e. The Bertz CT molecular complexity index is 1570. The first kappa shape index (κ1) is 23.5. The number of nitriles is 1. The first-order valence-electron chi connectivity index (χ1n) is 9.79. The zero-order valence-electron chi connectivity index (χ0n) is 17.8. The molecule has 0 amide bonds. The topological polar surface area (TPSA) is 85.6 Å². The lowest BCUT2D eigenvalue weighted by Crippen LogP contribution is -2.40. The van der Waals surface area contributed by atoms with Crippen molar-refractivity contribution in [2.45, 2.75) is 13.1 Å². The molecule has 0 aliphatic rings. The fraction of sp³-hybridized carbons (Fsp3) is 0.130. The summed E-state index contributed by atoms with van der Waals surface area (Å²) in [6.45, 7) is 1.50. The number of nitrogens with zero attached hydrogens (tertiary/aromatic N) is 5. The Labute approximate surface area is 204 Å². The van der Waals surface area contributed by atoms with Crippen molar-refractivity contribution in [1.29, 1.82) is 5.26 Å². The average molecular weight is 577 g/mol. The molecule has 7 nitrogen and oxygen atoms in total. The van der Waals surface area contributed by atoms with Gasteiger partial charge in [-0.1, -0.05) is 6.07 Å². The first-order valence-corrected chi connectivity index (χ1v) is 10.9. The van der Waals surface area contributed by atoms with E-state index in [2.05, 4.69) is 5.10 Å². The van der Waals surface area contributed by atoms with E-state index in [1.165, 1.54) is 37.0 Å². The molecule has 0 atom stereocenters. The van der Waals surface area contributed by atoms with Crippen LogP contribution < -0.4 is 11.2 Å². The van der Waals surface area contributed by atoms with E-state index in [1.54, 1.807) is 24.3 Å². The van der Waals surface area contributed by atoms with Crippen molar-refractivity contribution in [2.75, 3.05) is 0 Å². The minimum Gasteiger partial charge on any atom is -0.268 e. The third kappa shape index (κ3) is 3.94. The number of alkyl halides is 3. The molecular formula is C23H15F3IN5O2. The SMILES string of the molecule is Cc1c(-c2c(I)cnn2-c2ccc(C#N)cc2)c(=O)n(C)c(=O)n1-c1cccc(C(F)(F)F)c1. The van der Waals surface area contributed by atoms with Crippen molar-refractivity contribution in [3.05, 3.63) is 96.0 Å². The van der Waals surface area contributed by atoms with Gasteiger partial charge in [0, 0.05) is 12.7 Å². The summed E-state index contributed by atoms with van der Waals surface area (Å²) < 4.78 is 43.9. The molecule has 0 saturated carbocycles. The number of hydrogen-bond donors (Lipinski definition) is 0. The van der Waals surface area contributed by atoms with Crippen LogP contribution in [0.25, 0.3) is 22.6 Å². The minimum atomic E-state index is -4.60. The molecule has 4 rings (SSSR count). The quantitative estimate of drug-likeness (QED) is 0.342. The molecule has 0 unspecified atom stereocenters. The third-order valence-electron chi connectivity index (χ3n) is 5.33. The van der Waals surface area contributed by atoms with E-state index in [0.717, 1.165) is 21.3 Å². The number of hydrogen-bond acceptors (Lipinski definition) is 4. The fourth-order valence-electron chi connectivity index (χ4n) is 3.64. The van der Waals surface area contributed by atoms with Crippen LogP contribution in [0.4, 0.5) is 13.2 Å². The maximum atomic E-state index is 13.3. The van der Waals surface area contributed by atoms with Gasteiger partial charge < -0.3 is 0 Å². The highest BCUT2D eigenvalue weighted by Gasteiger charge is 2.31. The number of halogens is 4. The summed E-state index contributed by atoms with van der Waals surface area (Å²) in [4.78, 5) is 26.2. The van der Waals surface area contributed by atoms with Crippen molar-refractivity contribution < 1.29 is 13.2 Å². The highest BCUT2D eigenvalue weighted by atomic mass is 127. The van der Waals surface area contributed by atoms with Crippen molar-refractivity contribution in [2.24, 2.45) is 7.05 Å². The number of benzene rings is 2. The van der Waals surface area contributed by atoms with Gasteiger partial charge in [-0.2, -0.15) is 23.5 Å². The zero-order chi connectivity index (χ0) is 24.8.